The van der Waals surface area contributed by atoms with Gasteiger partial charge in [0.1, 0.15) is 5.78 Å². The second-order valence-corrected chi connectivity index (χ2v) is 19.1. The first-order valence-corrected chi connectivity index (χ1v) is 18.8. The van der Waals surface area contributed by atoms with E-state index in [1.54, 1.807) is 20.0 Å². The quantitative estimate of drug-likeness (QED) is 0.113. The lowest BCUT2D eigenvalue weighted by Gasteiger charge is -2.39. The lowest BCUT2D eigenvalue weighted by Crippen LogP contribution is -2.45. The first-order valence-electron chi connectivity index (χ1n) is 15.5. The smallest absolute Gasteiger partial charge is 0.192 e. The van der Waals surface area contributed by atoms with Gasteiger partial charge >= 0.3 is 0 Å². The minimum atomic E-state index is -2.08. The molecule has 0 aliphatic carbocycles. The van der Waals surface area contributed by atoms with E-state index in [2.05, 4.69) is 51.8 Å². The van der Waals surface area contributed by atoms with Crippen molar-refractivity contribution in [1.82, 2.24) is 4.98 Å². The van der Waals surface area contributed by atoms with Crippen LogP contribution in [0.15, 0.2) is 41.1 Å². The zero-order valence-corrected chi connectivity index (χ0v) is 29.5. The van der Waals surface area contributed by atoms with Crippen LogP contribution in [-0.4, -0.2) is 59.3 Å². The molecule has 0 bridgehead atoms. The Hall–Kier alpha value is -1.35. The Bertz CT molecular complexity index is 1020. The number of pyridine rings is 1. The van der Waals surface area contributed by atoms with Crippen LogP contribution in [0.2, 0.25) is 18.1 Å². The van der Waals surface area contributed by atoms with E-state index in [9.17, 15) is 20.1 Å². The van der Waals surface area contributed by atoms with E-state index in [1.807, 2.05) is 38.1 Å². The molecule has 0 radical (unpaired) electrons. The Balaban J connectivity index is 2.89. The summed E-state index contributed by atoms with van der Waals surface area (Å²) in [6.07, 6.45) is 7.69. The van der Waals surface area contributed by atoms with Gasteiger partial charge in [-0.25, -0.2) is 0 Å². The van der Waals surface area contributed by atoms with Gasteiger partial charge in [0.2, 0.25) is 0 Å². The van der Waals surface area contributed by atoms with Crippen molar-refractivity contribution in [1.29, 1.82) is 0 Å². The molecule has 3 N–H and O–H groups in total. The lowest BCUT2D eigenvalue weighted by molar-refractivity contribution is -0.143. The molecule has 0 aliphatic rings. The molecular weight excluding hydrogens is 566 g/mol. The molecule has 0 saturated heterocycles. The van der Waals surface area contributed by atoms with Gasteiger partial charge in [0.25, 0.3) is 0 Å². The van der Waals surface area contributed by atoms with Crippen LogP contribution in [0, 0.1) is 17.3 Å². The molecule has 0 saturated carbocycles. The Morgan fingerprint density at radius 2 is 1.79 bits per heavy atom. The van der Waals surface area contributed by atoms with E-state index in [0.717, 1.165) is 25.0 Å². The summed E-state index contributed by atoms with van der Waals surface area (Å²) >= 11 is 6.85. The second kappa shape index (κ2) is 17.2. The zero-order valence-electron chi connectivity index (χ0n) is 27.8. The van der Waals surface area contributed by atoms with Crippen LogP contribution in [-0.2, 0) is 9.22 Å². The van der Waals surface area contributed by atoms with E-state index in [0.29, 0.717) is 17.9 Å². The minimum Gasteiger partial charge on any atom is -0.409 e. The number of allylic oxidation sites excluding steroid dienone is 1. The minimum absolute atomic E-state index is 0.0486. The van der Waals surface area contributed by atoms with Crippen LogP contribution in [0.25, 0.3) is 6.08 Å². The molecule has 8 heteroatoms. The van der Waals surface area contributed by atoms with E-state index in [1.165, 1.54) is 5.57 Å². The maximum Gasteiger partial charge on any atom is 0.192 e. The summed E-state index contributed by atoms with van der Waals surface area (Å²) in [7, 11) is -2.08. The molecule has 1 rings (SSSR count). The second-order valence-electron chi connectivity index (χ2n) is 13.9. The largest absolute Gasteiger partial charge is 0.409 e. The molecule has 240 valence electrons. The number of hydrogen-bond acceptors (Lipinski definition) is 6. The summed E-state index contributed by atoms with van der Waals surface area (Å²) in [6, 6.07) is 5.75. The van der Waals surface area contributed by atoms with Gasteiger partial charge in [-0.3, -0.25) is 9.78 Å². The first kappa shape index (κ1) is 38.7. The predicted octanol–water partition coefficient (Wildman–Crippen LogP) is 7.92. The summed E-state index contributed by atoms with van der Waals surface area (Å²) in [5, 5.41) is 31.4. The van der Waals surface area contributed by atoms with Gasteiger partial charge in [0.15, 0.2) is 8.32 Å². The number of halogens is 1. The van der Waals surface area contributed by atoms with Crippen molar-refractivity contribution < 1.29 is 24.5 Å². The van der Waals surface area contributed by atoms with Gasteiger partial charge in [-0.1, -0.05) is 77.8 Å². The number of aliphatic hydroxyl groups excluding tert-OH is 3. The molecule has 6 nitrogen and oxygen atoms in total. The van der Waals surface area contributed by atoms with Crippen molar-refractivity contribution in [2.45, 2.75) is 130 Å². The summed E-state index contributed by atoms with van der Waals surface area (Å²) in [5.74, 6) is -0.769. The fourth-order valence-electron chi connectivity index (χ4n) is 4.83. The number of hydrogen-bond donors (Lipinski definition) is 3. The van der Waals surface area contributed by atoms with Gasteiger partial charge < -0.3 is 19.7 Å². The highest BCUT2D eigenvalue weighted by Gasteiger charge is 2.42. The molecule has 0 spiro atoms. The van der Waals surface area contributed by atoms with Gasteiger partial charge in [-0.05, 0) is 87.7 Å². The molecule has 42 heavy (non-hydrogen) atoms. The molecule has 1 heterocycles. The number of ketones is 1. The Morgan fingerprint density at radius 3 is 2.31 bits per heavy atom. The van der Waals surface area contributed by atoms with Crippen molar-refractivity contribution in [3.63, 3.8) is 0 Å². The molecule has 0 fully saturated rings. The third-order valence-corrected chi connectivity index (χ3v) is 13.9. The monoisotopic (exact) mass is 623 g/mol. The first-order chi connectivity index (χ1) is 19.4. The summed E-state index contributed by atoms with van der Waals surface area (Å²) < 4.78 is 6.75. The van der Waals surface area contributed by atoms with Crippen molar-refractivity contribution in [3.8, 4) is 0 Å². The normalized spacial score (nSPS) is 17.5. The zero-order chi connectivity index (χ0) is 32.3. The van der Waals surface area contributed by atoms with Crippen LogP contribution >= 0.6 is 11.6 Å². The van der Waals surface area contributed by atoms with Crippen LogP contribution < -0.4 is 0 Å². The highest BCUT2D eigenvalue weighted by Crippen LogP contribution is 2.39. The number of carbonyl (C=O) groups is 1. The number of rotatable bonds is 18. The van der Waals surface area contributed by atoms with Crippen molar-refractivity contribution >= 4 is 31.8 Å². The third-order valence-electron chi connectivity index (χ3n) is 9.08. The van der Waals surface area contributed by atoms with Gasteiger partial charge in [-0.2, -0.15) is 0 Å². The topological polar surface area (TPSA) is 99.9 Å². The predicted molar refractivity (Wildman–Crippen MR) is 178 cm³/mol. The molecule has 0 amide bonds. The van der Waals surface area contributed by atoms with Crippen LogP contribution in [0.1, 0.15) is 99.6 Å². The van der Waals surface area contributed by atoms with E-state index < -0.39 is 31.9 Å². The maximum atomic E-state index is 13.3. The van der Waals surface area contributed by atoms with E-state index in [4.69, 9.17) is 16.0 Å². The average molecular weight is 624 g/mol. The molecule has 5 atom stereocenters. The fraction of sp³-hybridized carbons (Fsp3) is 0.706. The van der Waals surface area contributed by atoms with Crippen LogP contribution in [0.5, 0.6) is 0 Å². The molecule has 0 aliphatic heterocycles. The molecular formula is C34H58ClNO5Si. The third kappa shape index (κ3) is 11.6. The van der Waals surface area contributed by atoms with E-state index >= 15 is 0 Å². The fourth-order valence-corrected chi connectivity index (χ4v) is 6.44. The van der Waals surface area contributed by atoms with Gasteiger partial charge in [0, 0.05) is 29.2 Å². The SMILES string of the molecule is CC[C@@H](C(=O)C(C)(C)[C@@H](O)CCO)[C@@H](O)[C@@H](C)CCCC(C)=CC[C@H](O[Si](C)(C)C(C)(C)C)C(Cl)=Cc1ccccn1. The van der Waals surface area contributed by atoms with E-state index in [-0.39, 0.29) is 35.9 Å². The molecule has 1 aromatic heterocycles. The summed E-state index contributed by atoms with van der Waals surface area (Å²) in [6.45, 7) is 20.3. The van der Waals surface area contributed by atoms with Gasteiger partial charge in [0.05, 0.1) is 24.0 Å². The van der Waals surface area contributed by atoms with Crippen molar-refractivity contribution in [3.05, 3.63) is 46.8 Å². The molecule has 0 unspecified atom stereocenters. The number of Topliss-reactive ketones (excluding diaryl/α,β-unsaturated/α-hetero) is 1. The Kier molecular flexibility index (Phi) is 15.9. The standard InChI is InChI=1S/C34H58ClNO5Si/c1-11-27(32(40)34(7,8)30(38)20-22-37)31(39)25(3)16-14-15-24(2)18-19-29(41-42(9,10)33(4,5)6)28(35)23-26-17-12-13-21-36-26/h12-13,17-18,21,23,25,27,29-31,37-39H,11,14-16,19-20,22H2,1-10H3/t25-,27+,29-,30-,31-/m0/s1. The number of carbonyl (C=O) groups excluding carboxylic acids is 1. The summed E-state index contributed by atoms with van der Waals surface area (Å²) in [4.78, 5) is 17.7. The maximum absolute atomic E-state index is 13.3. The number of nitrogens with zero attached hydrogens (tertiary/aromatic N) is 1. The lowest BCUT2D eigenvalue weighted by atomic mass is 9.71. The Morgan fingerprint density at radius 1 is 1.14 bits per heavy atom. The van der Waals surface area contributed by atoms with Gasteiger partial charge in [-0.15, -0.1) is 0 Å². The highest BCUT2D eigenvalue weighted by molar-refractivity contribution is 6.74. The number of aliphatic hydroxyl groups is 3. The molecule has 0 aromatic carbocycles. The van der Waals surface area contributed by atoms with Crippen LogP contribution in [0.3, 0.4) is 0 Å². The Labute approximate surface area is 261 Å². The van der Waals surface area contributed by atoms with Crippen LogP contribution in [0.4, 0.5) is 0 Å². The summed E-state index contributed by atoms with van der Waals surface area (Å²) in [5.41, 5.74) is 1.01. The highest BCUT2D eigenvalue weighted by atomic mass is 35.5. The molecule has 1 aromatic rings. The average Bonchev–Trinajstić information content (AvgIpc) is 2.91. The van der Waals surface area contributed by atoms with Crippen molar-refractivity contribution in [2.24, 2.45) is 17.3 Å². The van der Waals surface area contributed by atoms with Crippen molar-refractivity contribution in [2.75, 3.05) is 6.61 Å². The number of aromatic nitrogens is 1.